The van der Waals surface area contributed by atoms with Crippen LogP contribution in [0.3, 0.4) is 0 Å². The minimum Gasteiger partial charge on any atom is -0.466 e. The van der Waals surface area contributed by atoms with E-state index in [0.29, 0.717) is 19.4 Å². The van der Waals surface area contributed by atoms with Crippen molar-refractivity contribution >= 4 is 11.9 Å². The molecule has 0 saturated carbocycles. The number of esters is 1. The zero-order valence-electron chi connectivity index (χ0n) is 52.0. The second-order valence-electron chi connectivity index (χ2n) is 23.2. The molecule has 1 aliphatic heterocycles. The molecule has 0 aromatic heterocycles. The Bertz CT molecular complexity index is 1580. The molecule has 11 nitrogen and oxygen atoms in total. The van der Waals surface area contributed by atoms with Gasteiger partial charge in [0, 0.05) is 12.8 Å². The molecule has 11 heteroatoms. The number of unbranched alkanes of at least 4 members (excludes halogenated alkanes) is 34. The van der Waals surface area contributed by atoms with Crippen LogP contribution in [0.1, 0.15) is 296 Å². The van der Waals surface area contributed by atoms with Crippen LogP contribution < -0.4 is 5.32 Å². The van der Waals surface area contributed by atoms with Crippen molar-refractivity contribution in [1.29, 1.82) is 0 Å². The molecular formula is C70H125NO10. The Kier molecular flexibility index (Phi) is 55.3. The van der Waals surface area contributed by atoms with E-state index >= 15 is 0 Å². The van der Waals surface area contributed by atoms with Crippen molar-refractivity contribution in [1.82, 2.24) is 5.32 Å². The van der Waals surface area contributed by atoms with Crippen molar-refractivity contribution in [3.8, 4) is 0 Å². The molecule has 0 aliphatic carbocycles. The number of carbonyl (C=O) groups is 2. The van der Waals surface area contributed by atoms with Gasteiger partial charge >= 0.3 is 5.97 Å². The molecule has 470 valence electrons. The third-order valence-electron chi connectivity index (χ3n) is 15.5. The van der Waals surface area contributed by atoms with Crippen molar-refractivity contribution in [3.05, 3.63) is 72.9 Å². The van der Waals surface area contributed by atoms with E-state index in [4.69, 9.17) is 14.2 Å². The molecule has 1 rings (SSSR count). The Balaban J connectivity index is 1.96. The minimum atomic E-state index is -1.58. The van der Waals surface area contributed by atoms with Crippen LogP contribution in [-0.2, 0) is 23.8 Å². The van der Waals surface area contributed by atoms with Crippen molar-refractivity contribution in [2.24, 2.45) is 0 Å². The van der Waals surface area contributed by atoms with Gasteiger partial charge in [-0.15, -0.1) is 0 Å². The van der Waals surface area contributed by atoms with Crippen molar-refractivity contribution < 1.29 is 49.3 Å². The van der Waals surface area contributed by atoms with Gasteiger partial charge in [-0.25, -0.2) is 0 Å². The number of hydrogen-bond donors (Lipinski definition) is 6. The van der Waals surface area contributed by atoms with Gasteiger partial charge in [-0.1, -0.05) is 247 Å². The molecule has 0 aromatic carbocycles. The number of aliphatic hydroxyl groups excluding tert-OH is 5. The van der Waals surface area contributed by atoms with E-state index in [9.17, 15) is 35.1 Å². The van der Waals surface area contributed by atoms with Crippen molar-refractivity contribution in [3.63, 3.8) is 0 Å². The highest BCUT2D eigenvalue weighted by Gasteiger charge is 2.44. The monoisotopic (exact) mass is 1140 g/mol. The fourth-order valence-electron chi connectivity index (χ4n) is 10.2. The molecular weight excluding hydrogens is 1010 g/mol. The van der Waals surface area contributed by atoms with Gasteiger partial charge in [0.15, 0.2) is 6.29 Å². The average molecular weight is 1140 g/mol. The Morgan fingerprint density at radius 3 is 1.30 bits per heavy atom. The van der Waals surface area contributed by atoms with Gasteiger partial charge in [0.2, 0.25) is 5.91 Å². The molecule has 1 fully saturated rings. The number of allylic oxidation sites excluding steroid dienone is 11. The molecule has 1 saturated heterocycles. The lowest BCUT2D eigenvalue weighted by atomic mass is 9.99. The third kappa shape index (κ3) is 48.1. The summed E-state index contributed by atoms with van der Waals surface area (Å²) in [6, 6.07) is -0.832. The average Bonchev–Trinajstić information content (AvgIpc) is 3.47. The maximum absolute atomic E-state index is 13.0. The molecule has 7 unspecified atom stereocenters. The summed E-state index contributed by atoms with van der Waals surface area (Å²) in [5, 5.41) is 54.2. The normalized spacial score (nSPS) is 18.7. The van der Waals surface area contributed by atoms with E-state index in [1.54, 1.807) is 6.08 Å². The summed E-state index contributed by atoms with van der Waals surface area (Å²) in [5.41, 5.74) is 0. The van der Waals surface area contributed by atoms with Gasteiger partial charge in [-0.2, -0.15) is 0 Å². The lowest BCUT2D eigenvalue weighted by Gasteiger charge is -2.40. The Hall–Kier alpha value is -2.90. The molecule has 1 amide bonds. The predicted molar refractivity (Wildman–Crippen MR) is 338 cm³/mol. The van der Waals surface area contributed by atoms with Gasteiger partial charge in [-0.3, -0.25) is 9.59 Å². The molecule has 81 heavy (non-hydrogen) atoms. The Morgan fingerprint density at radius 1 is 0.457 bits per heavy atom. The van der Waals surface area contributed by atoms with E-state index in [1.165, 1.54) is 180 Å². The summed E-state index contributed by atoms with van der Waals surface area (Å²) in [4.78, 5) is 25.1. The number of nitrogens with one attached hydrogen (secondary N) is 1. The van der Waals surface area contributed by atoms with Crippen LogP contribution in [0.15, 0.2) is 72.9 Å². The molecule has 1 heterocycles. The molecule has 6 N–H and O–H groups in total. The van der Waals surface area contributed by atoms with Crippen LogP contribution in [0.4, 0.5) is 0 Å². The van der Waals surface area contributed by atoms with Gasteiger partial charge in [0.25, 0.3) is 0 Å². The highest BCUT2D eigenvalue weighted by molar-refractivity contribution is 5.76. The number of carbonyl (C=O) groups excluding carboxylic acids is 2. The summed E-state index contributed by atoms with van der Waals surface area (Å²) in [6.45, 7) is 4.24. The molecule has 7 atom stereocenters. The standard InChI is InChI=1S/C70H125NO10/c1-3-5-7-9-11-13-14-15-16-17-25-29-32-35-38-42-46-50-54-58-66(75)79-59-55-51-47-43-39-36-33-30-27-24-22-20-18-19-21-23-26-28-31-34-37-41-45-49-53-57-65(74)71-62(63(73)56-52-48-44-40-12-10-8-6-4-2)61-80-70-69(78)68(77)67(76)64(60-72)81-70/h11-13,15-16,19-22,40,52,56,62-64,67-70,72-73,76-78H,3-10,14,17-18,23-39,41-51,53-55,57-61H2,1-2H3,(H,71,74)/b13-11-,16-15-,21-19-,22-20-,40-12+,56-52+. The first kappa shape index (κ1) is 76.1. The van der Waals surface area contributed by atoms with Crippen LogP contribution in [0.2, 0.25) is 0 Å². The van der Waals surface area contributed by atoms with Crippen molar-refractivity contribution in [2.75, 3.05) is 19.8 Å². The quantitative estimate of drug-likeness (QED) is 0.0195. The molecule has 0 bridgehead atoms. The SMILES string of the molecule is CCCCC/C=C\C/C=C\CCCCCCCCCCCC(=O)OCCCCCCCCCCC/C=C\C/C=C\CCCCCCCCCCCC(=O)NC(COC1OC(CO)C(O)C(O)C1O)C(O)/C=C/CC/C=C/CCCCC. The number of hydrogen-bond acceptors (Lipinski definition) is 10. The minimum absolute atomic E-state index is 0.00644. The number of rotatable bonds is 58. The Labute approximate surface area is 496 Å². The second-order valence-corrected chi connectivity index (χ2v) is 23.2. The number of aliphatic hydroxyl groups is 5. The fraction of sp³-hybridized carbons (Fsp3) is 0.800. The van der Waals surface area contributed by atoms with E-state index < -0.39 is 49.5 Å². The van der Waals surface area contributed by atoms with E-state index in [2.05, 4.69) is 79.9 Å². The van der Waals surface area contributed by atoms with E-state index in [-0.39, 0.29) is 18.5 Å². The smallest absolute Gasteiger partial charge is 0.305 e. The Morgan fingerprint density at radius 2 is 0.840 bits per heavy atom. The molecule has 0 radical (unpaired) electrons. The van der Waals surface area contributed by atoms with E-state index in [0.717, 1.165) is 89.9 Å². The zero-order chi connectivity index (χ0) is 58.7. The maximum atomic E-state index is 13.0. The van der Waals surface area contributed by atoms with Crippen LogP contribution >= 0.6 is 0 Å². The number of amides is 1. The third-order valence-corrected chi connectivity index (χ3v) is 15.5. The maximum Gasteiger partial charge on any atom is 0.305 e. The summed E-state index contributed by atoms with van der Waals surface area (Å²) < 4.78 is 16.7. The fourth-order valence-corrected chi connectivity index (χ4v) is 10.2. The topological polar surface area (TPSA) is 175 Å². The van der Waals surface area contributed by atoms with Gasteiger partial charge in [-0.05, 0) is 109 Å². The van der Waals surface area contributed by atoms with Gasteiger partial charge in [0.05, 0.1) is 32.0 Å². The van der Waals surface area contributed by atoms with Gasteiger partial charge < -0.3 is 45.1 Å². The van der Waals surface area contributed by atoms with Gasteiger partial charge in [0.1, 0.15) is 24.4 Å². The zero-order valence-corrected chi connectivity index (χ0v) is 52.0. The number of ether oxygens (including phenoxy) is 3. The first-order chi connectivity index (χ1) is 39.7. The van der Waals surface area contributed by atoms with Crippen LogP contribution in [0, 0.1) is 0 Å². The lowest BCUT2D eigenvalue weighted by molar-refractivity contribution is -0.302. The lowest BCUT2D eigenvalue weighted by Crippen LogP contribution is -2.60. The molecule has 0 spiro atoms. The predicted octanol–water partition coefficient (Wildman–Crippen LogP) is 16.7. The molecule has 1 aliphatic rings. The molecule has 0 aromatic rings. The van der Waals surface area contributed by atoms with E-state index in [1.807, 2.05) is 6.08 Å². The second kappa shape index (κ2) is 58.9. The highest BCUT2D eigenvalue weighted by atomic mass is 16.7. The van der Waals surface area contributed by atoms with Crippen LogP contribution in [0.5, 0.6) is 0 Å². The largest absolute Gasteiger partial charge is 0.466 e. The first-order valence-electron chi connectivity index (χ1n) is 33.7. The van der Waals surface area contributed by atoms with Crippen LogP contribution in [0.25, 0.3) is 0 Å². The summed E-state index contributed by atoms with van der Waals surface area (Å²) in [7, 11) is 0. The first-order valence-corrected chi connectivity index (χ1v) is 33.7. The van der Waals surface area contributed by atoms with Crippen molar-refractivity contribution in [2.45, 2.75) is 339 Å². The summed E-state index contributed by atoms with van der Waals surface area (Å²) in [5.74, 6) is -0.208. The highest BCUT2D eigenvalue weighted by Crippen LogP contribution is 2.23. The van der Waals surface area contributed by atoms with Crippen LogP contribution in [-0.4, -0.2) is 100 Å². The summed E-state index contributed by atoms with van der Waals surface area (Å²) >= 11 is 0. The summed E-state index contributed by atoms with van der Waals surface area (Å²) in [6.07, 6.45) is 69.0.